The van der Waals surface area contributed by atoms with E-state index in [2.05, 4.69) is 10.1 Å². The fourth-order valence-corrected chi connectivity index (χ4v) is 1.62. The highest BCUT2D eigenvalue weighted by Crippen LogP contribution is 2.17. The number of hydrogen-bond acceptors (Lipinski definition) is 5. The number of benzene rings is 1. The van der Waals surface area contributed by atoms with Crippen LogP contribution in [0.4, 0.5) is 0 Å². The predicted molar refractivity (Wildman–Crippen MR) is 66.8 cm³/mol. The van der Waals surface area contributed by atoms with Gasteiger partial charge in [0.2, 0.25) is 5.89 Å². The van der Waals surface area contributed by atoms with E-state index in [4.69, 9.17) is 15.0 Å². The highest BCUT2D eigenvalue weighted by atomic mass is 16.5. The first-order valence-corrected chi connectivity index (χ1v) is 5.86. The Morgan fingerprint density at radius 1 is 1.33 bits per heavy atom. The summed E-state index contributed by atoms with van der Waals surface area (Å²) in [7, 11) is 1.60. The van der Waals surface area contributed by atoms with E-state index in [1.807, 2.05) is 37.3 Å². The smallest absolute Gasteiger partial charge is 0.243 e. The minimum absolute atomic E-state index is 0.188. The van der Waals surface area contributed by atoms with Gasteiger partial charge in [-0.1, -0.05) is 35.5 Å². The van der Waals surface area contributed by atoms with E-state index < -0.39 is 0 Å². The van der Waals surface area contributed by atoms with Crippen LogP contribution in [0.15, 0.2) is 34.9 Å². The molecule has 0 bridgehead atoms. The normalized spacial score (nSPS) is 14.4. The lowest BCUT2D eigenvalue weighted by molar-refractivity contribution is 0.109. The number of rotatable bonds is 5. The lowest BCUT2D eigenvalue weighted by Gasteiger charge is -2.06. The third-order valence-corrected chi connectivity index (χ3v) is 2.79. The number of nitrogens with zero attached hydrogens (tertiary/aromatic N) is 2. The van der Waals surface area contributed by atoms with E-state index in [0.717, 1.165) is 5.56 Å². The van der Waals surface area contributed by atoms with Gasteiger partial charge in [-0.2, -0.15) is 4.98 Å². The molecule has 0 saturated heterocycles. The molecule has 2 rings (SSSR count). The molecular formula is C13H17N3O2. The molecule has 2 aromatic rings. The summed E-state index contributed by atoms with van der Waals surface area (Å²) in [5.74, 6) is 0.966. The lowest BCUT2D eigenvalue weighted by Crippen LogP contribution is -2.14. The molecule has 0 radical (unpaired) electrons. The van der Waals surface area contributed by atoms with Crippen molar-refractivity contribution in [3.05, 3.63) is 47.6 Å². The number of aromatic nitrogens is 2. The fourth-order valence-electron chi connectivity index (χ4n) is 1.62. The monoisotopic (exact) mass is 247 g/mol. The third-order valence-electron chi connectivity index (χ3n) is 2.79. The second-order valence-corrected chi connectivity index (χ2v) is 4.16. The largest absolute Gasteiger partial charge is 0.374 e. The summed E-state index contributed by atoms with van der Waals surface area (Å²) in [6.45, 7) is 1.86. The average molecular weight is 247 g/mol. The van der Waals surface area contributed by atoms with Gasteiger partial charge >= 0.3 is 0 Å². The summed E-state index contributed by atoms with van der Waals surface area (Å²) in [5.41, 5.74) is 7.19. The van der Waals surface area contributed by atoms with Crippen LogP contribution in [0.5, 0.6) is 0 Å². The first kappa shape index (κ1) is 12.7. The number of ether oxygens (including phenoxy) is 1. The highest BCUT2D eigenvalue weighted by Gasteiger charge is 2.18. The molecule has 1 aromatic carbocycles. The quantitative estimate of drug-likeness (QED) is 0.874. The van der Waals surface area contributed by atoms with Crippen molar-refractivity contribution >= 4 is 0 Å². The van der Waals surface area contributed by atoms with Crippen molar-refractivity contribution in [3.63, 3.8) is 0 Å². The van der Waals surface area contributed by atoms with E-state index in [0.29, 0.717) is 18.1 Å². The van der Waals surface area contributed by atoms with Crippen molar-refractivity contribution in [3.8, 4) is 0 Å². The van der Waals surface area contributed by atoms with Crippen LogP contribution in [0.1, 0.15) is 36.3 Å². The predicted octanol–water partition coefficient (Wildman–Crippen LogP) is 2.02. The molecule has 2 N–H and O–H groups in total. The summed E-state index contributed by atoms with van der Waals surface area (Å²) in [4.78, 5) is 4.25. The van der Waals surface area contributed by atoms with Crippen LogP contribution in [-0.4, -0.2) is 17.3 Å². The van der Waals surface area contributed by atoms with Crippen molar-refractivity contribution in [1.29, 1.82) is 0 Å². The first-order chi connectivity index (χ1) is 8.70. The maximum atomic E-state index is 6.04. The molecule has 0 fully saturated rings. The van der Waals surface area contributed by atoms with Crippen LogP contribution in [0, 0.1) is 0 Å². The molecule has 5 nitrogen and oxygen atoms in total. The van der Waals surface area contributed by atoms with Gasteiger partial charge in [0.15, 0.2) is 5.82 Å². The van der Waals surface area contributed by atoms with Gasteiger partial charge in [0.05, 0.1) is 6.04 Å². The third kappa shape index (κ3) is 2.94. The van der Waals surface area contributed by atoms with Gasteiger partial charge in [-0.15, -0.1) is 0 Å². The maximum absolute atomic E-state index is 6.04. The summed E-state index contributed by atoms with van der Waals surface area (Å²) in [5, 5.41) is 3.86. The molecule has 1 aromatic heterocycles. The minimum Gasteiger partial charge on any atom is -0.374 e. The molecule has 0 aliphatic rings. The number of methoxy groups -OCH3 is 1. The van der Waals surface area contributed by atoms with E-state index in [1.165, 1.54) is 0 Å². The zero-order valence-electron chi connectivity index (χ0n) is 10.5. The fraction of sp³-hybridized carbons (Fsp3) is 0.385. The Balaban J connectivity index is 2.05. The molecular weight excluding hydrogens is 230 g/mol. The number of nitrogens with two attached hydrogens (primary N) is 1. The van der Waals surface area contributed by atoms with E-state index >= 15 is 0 Å². The molecule has 0 spiro atoms. The second kappa shape index (κ2) is 5.75. The van der Waals surface area contributed by atoms with Crippen LogP contribution in [-0.2, 0) is 11.2 Å². The highest BCUT2D eigenvalue weighted by molar-refractivity contribution is 5.16. The molecule has 18 heavy (non-hydrogen) atoms. The van der Waals surface area contributed by atoms with Gasteiger partial charge in [0.1, 0.15) is 6.10 Å². The van der Waals surface area contributed by atoms with Gasteiger partial charge < -0.3 is 15.0 Å². The molecule has 0 aliphatic carbocycles. The van der Waals surface area contributed by atoms with Gasteiger partial charge in [-0.3, -0.25) is 0 Å². The Morgan fingerprint density at radius 3 is 2.72 bits per heavy atom. The number of hydrogen-bond donors (Lipinski definition) is 1. The zero-order chi connectivity index (χ0) is 13.0. The topological polar surface area (TPSA) is 74.2 Å². The van der Waals surface area contributed by atoms with Gasteiger partial charge in [-0.25, -0.2) is 0 Å². The lowest BCUT2D eigenvalue weighted by atomic mass is 10.1. The molecule has 0 amide bonds. The molecule has 0 aliphatic heterocycles. The van der Waals surface area contributed by atoms with E-state index in [9.17, 15) is 0 Å². The van der Waals surface area contributed by atoms with Crippen LogP contribution >= 0.6 is 0 Å². The van der Waals surface area contributed by atoms with Gasteiger partial charge in [0.25, 0.3) is 0 Å². The molecule has 2 atom stereocenters. The molecule has 5 heteroatoms. The van der Waals surface area contributed by atoms with Crippen LogP contribution in [0.2, 0.25) is 0 Å². The average Bonchev–Trinajstić information content (AvgIpc) is 2.88. The molecule has 1 heterocycles. The summed E-state index contributed by atoms with van der Waals surface area (Å²) in [6, 6.07) is 9.68. The van der Waals surface area contributed by atoms with E-state index in [1.54, 1.807) is 7.11 Å². The van der Waals surface area contributed by atoms with Gasteiger partial charge in [0, 0.05) is 7.11 Å². The Bertz CT molecular complexity index is 484. The molecule has 96 valence electrons. The minimum atomic E-state index is -0.294. The van der Waals surface area contributed by atoms with Crippen LogP contribution < -0.4 is 5.73 Å². The standard InChI is InChI=1S/C13H17N3O2/c1-9(17-2)12-15-13(18-16-12)11(14)8-10-6-4-3-5-7-10/h3-7,9,11H,8,14H2,1-2H3/t9?,11-/m1/s1. The Morgan fingerprint density at radius 2 is 2.06 bits per heavy atom. The summed E-state index contributed by atoms with van der Waals surface area (Å²) >= 11 is 0. The SMILES string of the molecule is COC(C)c1noc([C@H](N)Cc2ccccc2)n1. The van der Waals surface area contributed by atoms with Crippen molar-refractivity contribution in [2.75, 3.05) is 7.11 Å². The van der Waals surface area contributed by atoms with Crippen LogP contribution in [0.25, 0.3) is 0 Å². The Labute approximate surface area is 106 Å². The van der Waals surface area contributed by atoms with Crippen LogP contribution in [0.3, 0.4) is 0 Å². The molecule has 0 saturated carbocycles. The summed E-state index contributed by atoms with van der Waals surface area (Å²) < 4.78 is 10.3. The van der Waals surface area contributed by atoms with Crippen molar-refractivity contribution in [2.24, 2.45) is 5.73 Å². The van der Waals surface area contributed by atoms with Gasteiger partial charge in [-0.05, 0) is 18.9 Å². The Hall–Kier alpha value is -1.72. The Kier molecular flexibility index (Phi) is 4.07. The molecule has 1 unspecified atom stereocenters. The second-order valence-electron chi connectivity index (χ2n) is 4.16. The summed E-state index contributed by atoms with van der Waals surface area (Å²) in [6.07, 6.45) is 0.482. The van der Waals surface area contributed by atoms with E-state index in [-0.39, 0.29) is 12.1 Å². The van der Waals surface area contributed by atoms with Crippen molar-refractivity contribution in [1.82, 2.24) is 10.1 Å². The maximum Gasteiger partial charge on any atom is 0.243 e. The van der Waals surface area contributed by atoms with Crippen molar-refractivity contribution in [2.45, 2.75) is 25.5 Å². The zero-order valence-corrected chi connectivity index (χ0v) is 10.5. The first-order valence-electron chi connectivity index (χ1n) is 5.86. The van der Waals surface area contributed by atoms with Crippen molar-refractivity contribution < 1.29 is 9.26 Å².